The van der Waals surface area contributed by atoms with Crippen molar-refractivity contribution in [1.82, 2.24) is 21.3 Å². The molecule has 2 rings (SSSR count). The van der Waals surface area contributed by atoms with Crippen molar-refractivity contribution in [2.75, 3.05) is 13.7 Å². The summed E-state index contributed by atoms with van der Waals surface area (Å²) in [6.07, 6.45) is 0.0272. The van der Waals surface area contributed by atoms with Gasteiger partial charge in [-0.05, 0) is 23.5 Å². The first-order valence-corrected chi connectivity index (χ1v) is 12.6. The van der Waals surface area contributed by atoms with Gasteiger partial charge in [0, 0.05) is 13.0 Å². The average molecular weight is 541 g/mol. The number of amides is 4. The van der Waals surface area contributed by atoms with Crippen LogP contribution in [0.15, 0.2) is 60.7 Å². The van der Waals surface area contributed by atoms with Crippen LogP contribution in [-0.2, 0) is 41.7 Å². The summed E-state index contributed by atoms with van der Waals surface area (Å²) < 4.78 is 9.98. The zero-order chi connectivity index (χ0) is 28.6. The molecule has 0 fully saturated rings. The van der Waals surface area contributed by atoms with Gasteiger partial charge >= 0.3 is 12.1 Å². The Labute approximate surface area is 228 Å². The van der Waals surface area contributed by atoms with Crippen molar-refractivity contribution in [3.8, 4) is 0 Å². The fourth-order valence-corrected chi connectivity index (χ4v) is 3.72. The third-order valence-corrected chi connectivity index (χ3v) is 5.65. The summed E-state index contributed by atoms with van der Waals surface area (Å²) >= 11 is 0. The summed E-state index contributed by atoms with van der Waals surface area (Å²) in [5, 5.41) is 10.2. The standard InChI is InChI=1S/C28H36N4O7/c1-19(2)14-22(32-28(37)39-17-21-12-8-5-9-13-21)25(34)30-23(15-20-10-6-4-7-11-20)26(35)31-24(16-29-18-33)27(36)38-3/h4-13,18-19,22-24H,14-17H2,1-3H3,(H,29,33)(H,30,34)(H,31,35)(H,32,37)/t22-,23-,24-/m0/s1. The highest BCUT2D eigenvalue weighted by molar-refractivity contribution is 5.93. The lowest BCUT2D eigenvalue weighted by Gasteiger charge is -2.25. The van der Waals surface area contributed by atoms with Crippen LogP contribution in [0, 0.1) is 5.92 Å². The lowest BCUT2D eigenvalue weighted by Crippen LogP contribution is -2.58. The molecular weight excluding hydrogens is 504 g/mol. The molecule has 210 valence electrons. The van der Waals surface area contributed by atoms with Crippen LogP contribution in [0.1, 0.15) is 31.4 Å². The van der Waals surface area contributed by atoms with E-state index in [9.17, 15) is 24.0 Å². The molecular formula is C28H36N4O7. The molecule has 11 heteroatoms. The van der Waals surface area contributed by atoms with Crippen LogP contribution in [0.4, 0.5) is 4.79 Å². The lowest BCUT2D eigenvalue weighted by atomic mass is 10.0. The molecule has 4 amide bonds. The second kappa shape index (κ2) is 16.4. The van der Waals surface area contributed by atoms with Gasteiger partial charge in [-0.2, -0.15) is 0 Å². The van der Waals surface area contributed by atoms with Gasteiger partial charge in [0.15, 0.2) is 0 Å². The van der Waals surface area contributed by atoms with Gasteiger partial charge in [-0.3, -0.25) is 14.4 Å². The number of carbonyl (C=O) groups is 5. The molecule has 2 aromatic rings. The van der Waals surface area contributed by atoms with E-state index in [0.717, 1.165) is 18.2 Å². The molecule has 0 spiro atoms. The van der Waals surface area contributed by atoms with E-state index < -0.39 is 42.0 Å². The summed E-state index contributed by atoms with van der Waals surface area (Å²) in [6.45, 7) is 3.63. The summed E-state index contributed by atoms with van der Waals surface area (Å²) in [4.78, 5) is 61.9. The fraction of sp³-hybridized carbons (Fsp3) is 0.393. The molecule has 0 aliphatic carbocycles. The highest BCUT2D eigenvalue weighted by Gasteiger charge is 2.30. The SMILES string of the molecule is COC(=O)[C@H](CNC=O)NC(=O)[C@H](Cc1ccccc1)NC(=O)[C@H](CC(C)C)NC(=O)OCc1ccccc1. The number of rotatable bonds is 15. The molecule has 2 aromatic carbocycles. The zero-order valence-electron chi connectivity index (χ0n) is 22.3. The van der Waals surface area contributed by atoms with E-state index >= 15 is 0 Å². The maximum atomic E-state index is 13.3. The van der Waals surface area contributed by atoms with Crippen molar-refractivity contribution in [3.63, 3.8) is 0 Å². The monoisotopic (exact) mass is 540 g/mol. The van der Waals surface area contributed by atoms with Gasteiger partial charge in [-0.15, -0.1) is 0 Å². The second-order valence-electron chi connectivity index (χ2n) is 9.25. The van der Waals surface area contributed by atoms with Crippen molar-refractivity contribution in [2.24, 2.45) is 5.92 Å². The molecule has 3 atom stereocenters. The van der Waals surface area contributed by atoms with Gasteiger partial charge in [0.05, 0.1) is 7.11 Å². The van der Waals surface area contributed by atoms with Gasteiger partial charge in [0.25, 0.3) is 0 Å². The van der Waals surface area contributed by atoms with E-state index in [-0.39, 0.29) is 25.5 Å². The maximum Gasteiger partial charge on any atom is 0.408 e. The lowest BCUT2D eigenvalue weighted by molar-refractivity contribution is -0.145. The Morgan fingerprint density at radius 1 is 0.795 bits per heavy atom. The summed E-state index contributed by atoms with van der Waals surface area (Å²) in [6, 6.07) is 14.9. The fourth-order valence-electron chi connectivity index (χ4n) is 3.72. The van der Waals surface area contributed by atoms with Crippen molar-refractivity contribution in [2.45, 2.75) is 51.4 Å². The van der Waals surface area contributed by atoms with Crippen LogP contribution in [-0.4, -0.2) is 62.1 Å². The minimum absolute atomic E-state index is 0.0332. The second-order valence-corrected chi connectivity index (χ2v) is 9.25. The molecule has 0 aliphatic rings. The summed E-state index contributed by atoms with van der Waals surface area (Å²) in [7, 11) is 1.16. The first kappa shape index (κ1) is 30.8. The molecule has 11 nitrogen and oxygen atoms in total. The molecule has 0 aromatic heterocycles. The first-order valence-electron chi connectivity index (χ1n) is 12.6. The molecule has 4 N–H and O–H groups in total. The Kier molecular flexibility index (Phi) is 13.0. The largest absolute Gasteiger partial charge is 0.467 e. The molecule has 0 aliphatic heterocycles. The highest BCUT2D eigenvalue weighted by Crippen LogP contribution is 2.09. The van der Waals surface area contributed by atoms with Gasteiger partial charge in [-0.25, -0.2) is 9.59 Å². The van der Waals surface area contributed by atoms with Crippen LogP contribution < -0.4 is 21.3 Å². The Morgan fingerprint density at radius 3 is 1.92 bits per heavy atom. The first-order chi connectivity index (χ1) is 18.7. The topological polar surface area (TPSA) is 152 Å². The predicted octanol–water partition coefficient (Wildman–Crippen LogP) is 1.46. The number of hydrogen-bond donors (Lipinski definition) is 4. The highest BCUT2D eigenvalue weighted by atomic mass is 16.5. The Balaban J connectivity index is 2.16. The molecule has 0 bridgehead atoms. The maximum absolute atomic E-state index is 13.3. The Morgan fingerprint density at radius 2 is 1.36 bits per heavy atom. The molecule has 0 radical (unpaired) electrons. The van der Waals surface area contributed by atoms with Gasteiger partial charge in [-0.1, -0.05) is 74.5 Å². The van der Waals surface area contributed by atoms with Gasteiger partial charge in [0.2, 0.25) is 18.2 Å². The Bertz CT molecular complexity index is 1080. The molecule has 0 saturated heterocycles. The van der Waals surface area contributed by atoms with E-state index in [1.807, 2.05) is 50.2 Å². The minimum atomic E-state index is -1.17. The number of alkyl carbamates (subject to hydrolysis) is 1. The van der Waals surface area contributed by atoms with Gasteiger partial charge in [0.1, 0.15) is 24.7 Å². The summed E-state index contributed by atoms with van der Waals surface area (Å²) in [5.74, 6) is -1.97. The Hall–Kier alpha value is -4.41. The smallest absolute Gasteiger partial charge is 0.408 e. The number of benzene rings is 2. The molecule has 0 saturated carbocycles. The summed E-state index contributed by atoms with van der Waals surface area (Å²) in [5.41, 5.74) is 1.55. The average Bonchev–Trinajstić information content (AvgIpc) is 2.93. The molecule has 0 heterocycles. The van der Waals surface area contributed by atoms with Crippen LogP contribution in [0.2, 0.25) is 0 Å². The number of ether oxygens (including phenoxy) is 2. The number of carbonyl (C=O) groups excluding carboxylic acids is 5. The van der Waals surface area contributed by atoms with Crippen molar-refractivity contribution >= 4 is 30.3 Å². The van der Waals surface area contributed by atoms with Gasteiger partial charge < -0.3 is 30.7 Å². The normalized spacial score (nSPS) is 12.8. The van der Waals surface area contributed by atoms with E-state index in [1.165, 1.54) is 0 Å². The van der Waals surface area contributed by atoms with Crippen molar-refractivity contribution in [1.29, 1.82) is 0 Å². The minimum Gasteiger partial charge on any atom is -0.467 e. The van der Waals surface area contributed by atoms with Crippen molar-refractivity contribution < 1.29 is 33.4 Å². The molecule has 0 unspecified atom stereocenters. The third kappa shape index (κ3) is 11.2. The number of esters is 1. The van der Waals surface area contributed by atoms with E-state index in [2.05, 4.69) is 21.3 Å². The van der Waals surface area contributed by atoms with Crippen LogP contribution >= 0.6 is 0 Å². The zero-order valence-corrected chi connectivity index (χ0v) is 22.3. The van der Waals surface area contributed by atoms with Crippen molar-refractivity contribution in [3.05, 3.63) is 71.8 Å². The van der Waals surface area contributed by atoms with E-state index in [1.54, 1.807) is 24.3 Å². The third-order valence-electron chi connectivity index (χ3n) is 5.65. The van der Waals surface area contributed by atoms with E-state index in [4.69, 9.17) is 9.47 Å². The van der Waals surface area contributed by atoms with Crippen LogP contribution in [0.5, 0.6) is 0 Å². The van der Waals surface area contributed by atoms with Crippen LogP contribution in [0.25, 0.3) is 0 Å². The molecule has 39 heavy (non-hydrogen) atoms. The van der Waals surface area contributed by atoms with Crippen LogP contribution in [0.3, 0.4) is 0 Å². The predicted molar refractivity (Wildman–Crippen MR) is 143 cm³/mol. The number of hydrogen-bond acceptors (Lipinski definition) is 7. The van der Waals surface area contributed by atoms with E-state index in [0.29, 0.717) is 12.8 Å². The number of methoxy groups -OCH3 is 1. The quantitative estimate of drug-likeness (QED) is 0.197. The number of nitrogens with one attached hydrogen (secondary N) is 4.